The van der Waals surface area contributed by atoms with Crippen molar-refractivity contribution in [2.45, 2.75) is 6.54 Å². The molecule has 4 rings (SSSR count). The predicted octanol–water partition coefficient (Wildman–Crippen LogP) is 3.42. The molecule has 4 heteroatoms. The summed E-state index contributed by atoms with van der Waals surface area (Å²) in [6, 6.07) is 20.0. The number of para-hydroxylation sites is 1. The Morgan fingerprint density at radius 1 is 1.00 bits per heavy atom. The van der Waals surface area contributed by atoms with Crippen LogP contribution in [0.1, 0.15) is 5.56 Å². The second-order valence-corrected chi connectivity index (χ2v) is 6.64. The highest BCUT2D eigenvalue weighted by Crippen LogP contribution is 2.28. The highest BCUT2D eigenvalue weighted by Gasteiger charge is 2.19. The maximum Gasteiger partial charge on any atom is 0.186 e. The van der Waals surface area contributed by atoms with Crippen molar-refractivity contribution in [1.29, 1.82) is 0 Å². The molecule has 3 nitrogen and oxygen atoms in total. The Morgan fingerprint density at radius 2 is 1.82 bits per heavy atom. The molecule has 1 aromatic heterocycles. The number of hydrogen-bond donors (Lipinski definition) is 0. The van der Waals surface area contributed by atoms with Crippen molar-refractivity contribution in [3.63, 3.8) is 0 Å². The van der Waals surface area contributed by atoms with Gasteiger partial charge >= 0.3 is 0 Å². The Labute approximate surface area is 134 Å². The molecule has 0 unspecified atom stereocenters. The highest BCUT2D eigenvalue weighted by molar-refractivity contribution is 7.22. The molecule has 1 radical (unpaired) electrons. The fourth-order valence-corrected chi connectivity index (χ4v) is 3.87. The molecular weight excluding hydrogens is 290 g/mol. The summed E-state index contributed by atoms with van der Waals surface area (Å²) in [5.74, 6) is 0. The van der Waals surface area contributed by atoms with Crippen molar-refractivity contribution >= 4 is 26.7 Å². The van der Waals surface area contributed by atoms with Gasteiger partial charge in [0.15, 0.2) is 5.13 Å². The van der Waals surface area contributed by atoms with Crippen molar-refractivity contribution in [3.05, 3.63) is 60.2 Å². The lowest BCUT2D eigenvalue weighted by Gasteiger charge is -2.34. The van der Waals surface area contributed by atoms with Crippen LogP contribution in [0.2, 0.25) is 0 Å². The third-order valence-electron chi connectivity index (χ3n) is 4.10. The summed E-state index contributed by atoms with van der Waals surface area (Å²) in [6.07, 6.45) is 0. The number of fused-ring (bicyclic) bond motifs is 1. The van der Waals surface area contributed by atoms with E-state index in [9.17, 15) is 0 Å². The van der Waals surface area contributed by atoms with Crippen molar-refractivity contribution < 1.29 is 0 Å². The number of anilines is 1. The summed E-state index contributed by atoms with van der Waals surface area (Å²) < 4.78 is 1.23. The molecule has 1 saturated heterocycles. The van der Waals surface area contributed by atoms with Crippen LogP contribution in [0, 0.1) is 6.07 Å². The number of benzene rings is 2. The van der Waals surface area contributed by atoms with Gasteiger partial charge in [0.05, 0.1) is 10.2 Å². The maximum atomic E-state index is 4.72. The number of rotatable bonds is 3. The molecule has 0 saturated carbocycles. The Kier molecular flexibility index (Phi) is 3.79. The quantitative estimate of drug-likeness (QED) is 0.739. The zero-order valence-corrected chi connectivity index (χ0v) is 13.2. The molecule has 1 aliphatic heterocycles. The van der Waals surface area contributed by atoms with Gasteiger partial charge in [-0.05, 0) is 11.6 Å². The van der Waals surface area contributed by atoms with E-state index in [4.69, 9.17) is 4.98 Å². The molecule has 0 N–H and O–H groups in total. The van der Waals surface area contributed by atoms with E-state index in [0.717, 1.165) is 43.4 Å². The van der Waals surface area contributed by atoms with Gasteiger partial charge in [-0.2, -0.15) is 0 Å². The van der Waals surface area contributed by atoms with Crippen molar-refractivity contribution in [3.8, 4) is 0 Å². The van der Waals surface area contributed by atoms with Crippen LogP contribution in [0.15, 0.2) is 48.5 Å². The second kappa shape index (κ2) is 6.07. The van der Waals surface area contributed by atoms with Crippen LogP contribution in [0.3, 0.4) is 0 Å². The standard InChI is InChI=1S/C18H18N3S/c1-2-6-15(7-3-1)14-20-10-12-21(13-11-20)18-19-16-8-4-5-9-17(16)22-18/h1-7,9H,10-14H2. The Bertz CT molecular complexity index is 712. The monoisotopic (exact) mass is 308 g/mol. The zero-order chi connectivity index (χ0) is 14.8. The van der Waals surface area contributed by atoms with E-state index in [2.05, 4.69) is 52.3 Å². The predicted molar refractivity (Wildman–Crippen MR) is 92.4 cm³/mol. The van der Waals surface area contributed by atoms with Crippen LogP contribution >= 0.6 is 11.3 Å². The van der Waals surface area contributed by atoms with Crippen molar-refractivity contribution in [2.24, 2.45) is 0 Å². The van der Waals surface area contributed by atoms with Gasteiger partial charge in [0, 0.05) is 38.8 Å². The number of aromatic nitrogens is 1. The molecule has 22 heavy (non-hydrogen) atoms. The minimum absolute atomic E-state index is 0.995. The van der Waals surface area contributed by atoms with Gasteiger partial charge in [-0.15, -0.1) is 0 Å². The molecule has 1 aliphatic rings. The number of nitrogens with zero attached hydrogens (tertiary/aromatic N) is 3. The minimum Gasteiger partial charge on any atom is -0.345 e. The molecule has 0 bridgehead atoms. The van der Waals surface area contributed by atoms with Gasteiger partial charge in [-0.3, -0.25) is 4.90 Å². The smallest absolute Gasteiger partial charge is 0.186 e. The van der Waals surface area contributed by atoms with Gasteiger partial charge in [0.25, 0.3) is 0 Å². The summed E-state index contributed by atoms with van der Waals surface area (Å²) in [7, 11) is 0. The average molecular weight is 308 g/mol. The first kappa shape index (κ1) is 13.7. The van der Waals surface area contributed by atoms with Crippen LogP contribution in [0.4, 0.5) is 5.13 Å². The first-order chi connectivity index (χ1) is 10.9. The normalized spacial score (nSPS) is 16.3. The molecule has 0 amide bonds. The first-order valence-electron chi connectivity index (χ1n) is 7.67. The topological polar surface area (TPSA) is 19.4 Å². The zero-order valence-electron chi connectivity index (χ0n) is 12.4. The molecule has 111 valence electrons. The van der Waals surface area contributed by atoms with E-state index >= 15 is 0 Å². The number of thiazole rings is 1. The average Bonchev–Trinajstić information content (AvgIpc) is 3.00. The molecule has 1 fully saturated rings. The van der Waals surface area contributed by atoms with Crippen molar-refractivity contribution in [1.82, 2.24) is 9.88 Å². The lowest BCUT2D eigenvalue weighted by Crippen LogP contribution is -2.45. The fourth-order valence-electron chi connectivity index (χ4n) is 2.87. The summed E-state index contributed by atoms with van der Waals surface area (Å²) >= 11 is 1.77. The van der Waals surface area contributed by atoms with Crippen LogP contribution in [-0.2, 0) is 6.54 Å². The second-order valence-electron chi connectivity index (χ2n) is 5.63. The van der Waals surface area contributed by atoms with Crippen LogP contribution in [0.5, 0.6) is 0 Å². The van der Waals surface area contributed by atoms with Crippen LogP contribution in [0.25, 0.3) is 10.2 Å². The minimum atomic E-state index is 0.995. The van der Waals surface area contributed by atoms with Gasteiger partial charge in [-0.25, -0.2) is 4.98 Å². The molecule has 0 spiro atoms. The van der Waals surface area contributed by atoms with E-state index in [1.165, 1.54) is 10.3 Å². The lowest BCUT2D eigenvalue weighted by molar-refractivity contribution is 0.250. The summed E-state index contributed by atoms with van der Waals surface area (Å²) in [5, 5.41) is 1.14. The van der Waals surface area contributed by atoms with Gasteiger partial charge in [0.1, 0.15) is 0 Å². The van der Waals surface area contributed by atoms with E-state index in [1.807, 2.05) is 12.1 Å². The van der Waals surface area contributed by atoms with Crippen molar-refractivity contribution in [2.75, 3.05) is 31.1 Å². The SMILES string of the molecule is [c]1cccc2sc(N3CCN(Cc4ccccc4)CC3)nc12. The van der Waals surface area contributed by atoms with Crippen LogP contribution in [-0.4, -0.2) is 36.1 Å². The van der Waals surface area contributed by atoms with Gasteiger partial charge in [0.2, 0.25) is 0 Å². The van der Waals surface area contributed by atoms with E-state index in [0.29, 0.717) is 0 Å². The molecule has 2 aromatic carbocycles. The third-order valence-corrected chi connectivity index (χ3v) is 5.18. The molecule has 0 atom stereocenters. The molecule has 3 aromatic rings. The Balaban J connectivity index is 1.41. The lowest BCUT2D eigenvalue weighted by atomic mass is 10.2. The first-order valence-corrected chi connectivity index (χ1v) is 8.48. The van der Waals surface area contributed by atoms with E-state index in [-0.39, 0.29) is 0 Å². The summed E-state index contributed by atoms with van der Waals surface area (Å²) in [6.45, 7) is 5.32. The molecule has 2 heterocycles. The number of piperazine rings is 1. The van der Waals surface area contributed by atoms with E-state index in [1.54, 1.807) is 11.3 Å². The summed E-state index contributed by atoms with van der Waals surface area (Å²) in [5.41, 5.74) is 2.39. The number of hydrogen-bond acceptors (Lipinski definition) is 4. The Morgan fingerprint density at radius 3 is 2.59 bits per heavy atom. The largest absolute Gasteiger partial charge is 0.345 e. The molecular formula is C18H18N3S. The van der Waals surface area contributed by atoms with Gasteiger partial charge in [-0.1, -0.05) is 53.8 Å². The fraction of sp³-hybridized carbons (Fsp3) is 0.278. The molecule has 0 aliphatic carbocycles. The third kappa shape index (κ3) is 2.85. The Hall–Kier alpha value is -1.91. The van der Waals surface area contributed by atoms with E-state index < -0.39 is 0 Å². The maximum absolute atomic E-state index is 4.72. The van der Waals surface area contributed by atoms with Crippen LogP contribution < -0.4 is 4.90 Å². The van der Waals surface area contributed by atoms with Gasteiger partial charge < -0.3 is 4.90 Å². The summed E-state index contributed by atoms with van der Waals surface area (Å²) in [4.78, 5) is 9.64. The highest BCUT2D eigenvalue weighted by atomic mass is 32.1.